The predicted molar refractivity (Wildman–Crippen MR) is 108 cm³/mol. The molecule has 1 aliphatic carbocycles. The fourth-order valence-electron chi connectivity index (χ4n) is 3.66. The molecule has 0 heterocycles. The number of hydrogen-bond donors (Lipinski definition) is 0. The van der Waals surface area contributed by atoms with Gasteiger partial charge in [-0.25, -0.2) is 0 Å². The van der Waals surface area contributed by atoms with Gasteiger partial charge in [-0.2, -0.15) is 0 Å². The number of nitrogens with zero attached hydrogens (tertiary/aromatic N) is 2. The highest BCUT2D eigenvalue weighted by Gasteiger charge is 2.28. The molecule has 2 aromatic carbocycles. The molecule has 2 heteroatoms. The third-order valence-corrected chi connectivity index (χ3v) is 5.33. The van der Waals surface area contributed by atoms with Crippen LogP contribution < -0.4 is 5.01 Å². The Morgan fingerprint density at radius 1 is 0.840 bits per heavy atom. The lowest BCUT2D eigenvalue weighted by Crippen LogP contribution is -2.37. The highest BCUT2D eigenvalue weighted by molar-refractivity contribution is 5.62. The van der Waals surface area contributed by atoms with E-state index in [0.29, 0.717) is 5.41 Å². The van der Waals surface area contributed by atoms with Crippen molar-refractivity contribution < 1.29 is 0 Å². The van der Waals surface area contributed by atoms with Crippen molar-refractivity contribution in [2.75, 3.05) is 12.1 Å². The van der Waals surface area contributed by atoms with Gasteiger partial charge in [0.25, 0.3) is 0 Å². The lowest BCUT2D eigenvalue weighted by molar-refractivity contribution is 0.210. The normalized spacial score (nSPS) is 17.8. The summed E-state index contributed by atoms with van der Waals surface area (Å²) in [6.45, 7) is 7.08. The lowest BCUT2D eigenvalue weighted by atomic mass is 9.74. The van der Waals surface area contributed by atoms with Gasteiger partial charge in [0.2, 0.25) is 0 Å². The van der Waals surface area contributed by atoms with Crippen molar-refractivity contribution in [1.82, 2.24) is 5.01 Å². The first-order valence-electron chi connectivity index (χ1n) is 9.30. The van der Waals surface area contributed by atoms with E-state index in [9.17, 15) is 0 Å². The number of benzene rings is 2. The second kappa shape index (κ2) is 7.35. The quantitative estimate of drug-likeness (QED) is 0.597. The molecule has 0 fully saturated rings. The summed E-state index contributed by atoms with van der Waals surface area (Å²) in [6, 6.07) is 21.2. The standard InChI is InChI=1S/C23H30N2/c1-23(2,3)19-15-17-20(18-16-19)24(4)25(21-11-7-5-8-12-21)22-13-9-6-10-14-22/h5-14,17,19H,15-16,18H2,1-4H3. The molecule has 0 spiro atoms. The fourth-order valence-corrected chi connectivity index (χ4v) is 3.66. The smallest absolute Gasteiger partial charge is 0.0632 e. The Balaban J connectivity index is 1.88. The Bertz CT molecular complexity index is 658. The molecule has 2 aromatic rings. The Labute approximate surface area is 152 Å². The summed E-state index contributed by atoms with van der Waals surface area (Å²) < 4.78 is 0. The van der Waals surface area contributed by atoms with Gasteiger partial charge in [-0.15, -0.1) is 0 Å². The van der Waals surface area contributed by atoms with E-state index in [1.165, 1.54) is 29.9 Å². The van der Waals surface area contributed by atoms with Crippen molar-refractivity contribution in [3.8, 4) is 0 Å². The van der Waals surface area contributed by atoms with Crippen LogP contribution in [0.25, 0.3) is 0 Å². The highest BCUT2D eigenvalue weighted by atomic mass is 15.6. The molecular formula is C23H30N2. The van der Waals surface area contributed by atoms with E-state index in [2.05, 4.69) is 105 Å². The van der Waals surface area contributed by atoms with Crippen LogP contribution in [-0.2, 0) is 0 Å². The second-order valence-electron chi connectivity index (χ2n) is 8.04. The van der Waals surface area contributed by atoms with Crippen LogP contribution in [0.2, 0.25) is 0 Å². The Morgan fingerprint density at radius 2 is 1.36 bits per heavy atom. The molecule has 25 heavy (non-hydrogen) atoms. The molecule has 1 aliphatic rings. The van der Waals surface area contributed by atoms with Crippen LogP contribution in [0.5, 0.6) is 0 Å². The average Bonchev–Trinajstić information content (AvgIpc) is 2.63. The van der Waals surface area contributed by atoms with Gasteiger partial charge in [0.1, 0.15) is 0 Å². The van der Waals surface area contributed by atoms with Crippen molar-refractivity contribution in [3.63, 3.8) is 0 Å². The molecule has 0 aliphatic heterocycles. The maximum absolute atomic E-state index is 2.44. The monoisotopic (exact) mass is 334 g/mol. The topological polar surface area (TPSA) is 6.48 Å². The largest absolute Gasteiger partial charge is 0.288 e. The van der Waals surface area contributed by atoms with Gasteiger partial charge in [0.15, 0.2) is 0 Å². The summed E-state index contributed by atoms with van der Waals surface area (Å²) in [5, 5.41) is 4.63. The maximum atomic E-state index is 2.44. The summed E-state index contributed by atoms with van der Waals surface area (Å²) in [5.74, 6) is 0.770. The van der Waals surface area contributed by atoms with Crippen LogP contribution in [0.15, 0.2) is 72.4 Å². The zero-order valence-electron chi connectivity index (χ0n) is 15.9. The van der Waals surface area contributed by atoms with Crippen LogP contribution in [0.1, 0.15) is 40.0 Å². The zero-order chi connectivity index (χ0) is 17.9. The van der Waals surface area contributed by atoms with E-state index in [-0.39, 0.29) is 0 Å². The molecule has 1 atom stereocenters. The van der Waals surface area contributed by atoms with Gasteiger partial charge >= 0.3 is 0 Å². The van der Waals surface area contributed by atoms with Crippen molar-refractivity contribution in [3.05, 3.63) is 72.4 Å². The summed E-state index contributed by atoms with van der Waals surface area (Å²) in [4.78, 5) is 0. The van der Waals surface area contributed by atoms with E-state index >= 15 is 0 Å². The Morgan fingerprint density at radius 3 is 1.76 bits per heavy atom. The number of rotatable bonds is 4. The minimum Gasteiger partial charge on any atom is -0.288 e. The minimum absolute atomic E-state index is 0.388. The van der Waals surface area contributed by atoms with Crippen molar-refractivity contribution in [2.45, 2.75) is 40.0 Å². The van der Waals surface area contributed by atoms with Crippen LogP contribution in [0.3, 0.4) is 0 Å². The highest BCUT2D eigenvalue weighted by Crippen LogP contribution is 2.39. The third-order valence-electron chi connectivity index (χ3n) is 5.33. The first kappa shape index (κ1) is 17.6. The van der Waals surface area contributed by atoms with Crippen molar-refractivity contribution >= 4 is 11.4 Å². The molecule has 0 saturated carbocycles. The molecule has 0 N–H and O–H groups in total. The van der Waals surface area contributed by atoms with Gasteiger partial charge in [-0.3, -0.25) is 10.0 Å². The molecule has 1 unspecified atom stereocenters. The number of hydrazine groups is 1. The summed E-state index contributed by atoms with van der Waals surface area (Å²) >= 11 is 0. The molecule has 3 rings (SSSR count). The van der Waals surface area contributed by atoms with Gasteiger partial charge < -0.3 is 0 Å². The SMILES string of the molecule is CN(C1=CCC(C(C)(C)C)CC1)N(c1ccccc1)c1ccccc1. The van der Waals surface area contributed by atoms with Gasteiger partial charge in [-0.05, 0) is 54.9 Å². The number of allylic oxidation sites excluding steroid dienone is 2. The van der Waals surface area contributed by atoms with Crippen LogP contribution in [-0.4, -0.2) is 12.1 Å². The predicted octanol–water partition coefficient (Wildman–Crippen LogP) is 6.40. The number of hydrogen-bond acceptors (Lipinski definition) is 2. The molecule has 0 aromatic heterocycles. The molecule has 0 radical (unpaired) electrons. The molecule has 0 bridgehead atoms. The number of anilines is 2. The van der Waals surface area contributed by atoms with Gasteiger partial charge in [0, 0.05) is 12.7 Å². The molecule has 132 valence electrons. The van der Waals surface area contributed by atoms with Crippen LogP contribution in [0, 0.1) is 11.3 Å². The summed E-state index contributed by atoms with van der Waals surface area (Å²) in [5.41, 5.74) is 4.18. The number of para-hydroxylation sites is 2. The van der Waals surface area contributed by atoms with E-state index < -0.39 is 0 Å². The van der Waals surface area contributed by atoms with E-state index in [1.807, 2.05) is 0 Å². The van der Waals surface area contributed by atoms with Crippen molar-refractivity contribution in [2.24, 2.45) is 11.3 Å². The van der Waals surface area contributed by atoms with Crippen LogP contribution >= 0.6 is 0 Å². The summed E-state index contributed by atoms with van der Waals surface area (Å²) in [6.07, 6.45) is 6.00. The minimum atomic E-state index is 0.388. The van der Waals surface area contributed by atoms with Crippen molar-refractivity contribution in [1.29, 1.82) is 0 Å². The van der Waals surface area contributed by atoms with Gasteiger partial charge in [0.05, 0.1) is 11.4 Å². The lowest BCUT2D eigenvalue weighted by Gasteiger charge is -2.40. The maximum Gasteiger partial charge on any atom is 0.0632 e. The fraction of sp³-hybridized carbons (Fsp3) is 0.391. The van der Waals surface area contributed by atoms with E-state index in [4.69, 9.17) is 0 Å². The van der Waals surface area contributed by atoms with Gasteiger partial charge in [-0.1, -0.05) is 63.2 Å². The molecular weight excluding hydrogens is 304 g/mol. The van der Waals surface area contributed by atoms with E-state index in [1.54, 1.807) is 0 Å². The second-order valence-corrected chi connectivity index (χ2v) is 8.04. The van der Waals surface area contributed by atoms with E-state index in [0.717, 1.165) is 12.3 Å². The third kappa shape index (κ3) is 4.07. The average molecular weight is 335 g/mol. The molecule has 2 nitrogen and oxygen atoms in total. The molecule has 0 saturated heterocycles. The Hall–Kier alpha value is -2.22. The van der Waals surface area contributed by atoms with Crippen LogP contribution in [0.4, 0.5) is 11.4 Å². The summed E-state index contributed by atoms with van der Waals surface area (Å²) in [7, 11) is 2.18. The first-order chi connectivity index (χ1) is 12.0. The Kier molecular flexibility index (Phi) is 5.17. The molecule has 0 amide bonds. The zero-order valence-corrected chi connectivity index (χ0v) is 15.9. The first-order valence-corrected chi connectivity index (χ1v) is 9.30.